The van der Waals surface area contributed by atoms with Crippen LogP contribution in [0.2, 0.25) is 0 Å². The van der Waals surface area contributed by atoms with E-state index in [1.807, 2.05) is 0 Å². The largest absolute Gasteiger partial charge is 0.294 e. The maximum atomic E-state index is 12.6. The van der Waals surface area contributed by atoms with Crippen molar-refractivity contribution in [1.82, 2.24) is 0 Å². The van der Waals surface area contributed by atoms with Gasteiger partial charge in [-0.1, -0.05) is 24.3 Å². The molecule has 2 aromatic carbocycles. The number of ketones is 3. The molecule has 0 saturated carbocycles. The van der Waals surface area contributed by atoms with Crippen molar-refractivity contribution in [2.45, 2.75) is 6.92 Å². The predicted molar refractivity (Wildman–Crippen MR) is 76.4 cm³/mol. The molecule has 2 aromatic rings. The number of benzene rings is 2. The van der Waals surface area contributed by atoms with E-state index < -0.39 is 28.0 Å². The third kappa shape index (κ3) is 1.77. The molecule has 1 aliphatic rings. The number of Topliss-reactive ketones (excluding diaryl/α,β-unsaturated/α-hetero) is 1. The van der Waals surface area contributed by atoms with Crippen LogP contribution in [0.3, 0.4) is 0 Å². The second kappa shape index (κ2) is 4.70. The molecule has 0 saturated heterocycles. The van der Waals surface area contributed by atoms with Crippen molar-refractivity contribution in [3.05, 3.63) is 74.3 Å². The topological polar surface area (TPSA) is 94.3 Å². The van der Waals surface area contributed by atoms with Crippen LogP contribution in [0.15, 0.2) is 36.4 Å². The summed E-state index contributed by atoms with van der Waals surface area (Å²) in [5.41, 5.74) is -0.794. The van der Waals surface area contributed by atoms with Crippen LogP contribution in [0, 0.1) is 10.1 Å². The lowest BCUT2D eigenvalue weighted by Crippen LogP contribution is -2.23. The van der Waals surface area contributed by atoms with E-state index in [4.69, 9.17) is 0 Å². The van der Waals surface area contributed by atoms with Crippen molar-refractivity contribution in [1.29, 1.82) is 0 Å². The summed E-state index contributed by atoms with van der Waals surface area (Å²) < 4.78 is 0. The Morgan fingerprint density at radius 2 is 1.55 bits per heavy atom. The van der Waals surface area contributed by atoms with Crippen molar-refractivity contribution in [3.8, 4) is 0 Å². The molecule has 6 heteroatoms. The zero-order valence-corrected chi connectivity index (χ0v) is 11.5. The average molecular weight is 295 g/mol. The van der Waals surface area contributed by atoms with E-state index in [-0.39, 0.29) is 27.8 Å². The highest BCUT2D eigenvalue weighted by atomic mass is 16.6. The molecule has 0 radical (unpaired) electrons. The summed E-state index contributed by atoms with van der Waals surface area (Å²) in [6, 6.07) is 8.67. The SMILES string of the molecule is CC(=O)c1ccc2c(c1[N+](=O)[O-])C(=O)c1ccccc1C2=O. The summed E-state index contributed by atoms with van der Waals surface area (Å²) >= 11 is 0. The van der Waals surface area contributed by atoms with Crippen molar-refractivity contribution in [2.24, 2.45) is 0 Å². The molecular formula is C16H9NO5. The van der Waals surface area contributed by atoms with Gasteiger partial charge < -0.3 is 0 Å². The first-order chi connectivity index (χ1) is 10.4. The summed E-state index contributed by atoms with van der Waals surface area (Å²) in [6.07, 6.45) is 0. The van der Waals surface area contributed by atoms with Crippen LogP contribution in [0.25, 0.3) is 0 Å². The molecule has 0 fully saturated rings. The monoisotopic (exact) mass is 295 g/mol. The van der Waals surface area contributed by atoms with Crippen LogP contribution in [0.1, 0.15) is 49.1 Å². The number of carbonyl (C=O) groups is 3. The fourth-order valence-corrected chi connectivity index (χ4v) is 2.64. The van der Waals surface area contributed by atoms with E-state index >= 15 is 0 Å². The van der Waals surface area contributed by atoms with Crippen LogP contribution >= 0.6 is 0 Å². The maximum Gasteiger partial charge on any atom is 0.292 e. The first kappa shape index (κ1) is 13.8. The third-order valence-electron chi connectivity index (χ3n) is 3.63. The van der Waals surface area contributed by atoms with Gasteiger partial charge >= 0.3 is 0 Å². The van der Waals surface area contributed by atoms with Gasteiger partial charge in [0.05, 0.1) is 10.5 Å². The van der Waals surface area contributed by atoms with Crippen LogP contribution in [0.4, 0.5) is 5.69 Å². The Hall–Kier alpha value is -3.15. The fourth-order valence-electron chi connectivity index (χ4n) is 2.64. The number of hydrogen-bond acceptors (Lipinski definition) is 5. The highest BCUT2D eigenvalue weighted by Crippen LogP contribution is 2.35. The average Bonchev–Trinajstić information content (AvgIpc) is 2.51. The number of nitrogens with zero attached hydrogens (tertiary/aromatic N) is 1. The van der Waals surface area contributed by atoms with Crippen LogP contribution < -0.4 is 0 Å². The Morgan fingerprint density at radius 1 is 0.955 bits per heavy atom. The van der Waals surface area contributed by atoms with Gasteiger partial charge in [0.2, 0.25) is 5.78 Å². The molecule has 0 atom stereocenters. The number of rotatable bonds is 2. The van der Waals surface area contributed by atoms with E-state index in [2.05, 4.69) is 0 Å². The molecule has 108 valence electrons. The van der Waals surface area contributed by atoms with Gasteiger partial charge in [-0.2, -0.15) is 0 Å². The smallest absolute Gasteiger partial charge is 0.292 e. The first-order valence-corrected chi connectivity index (χ1v) is 6.44. The zero-order chi connectivity index (χ0) is 16.0. The highest BCUT2D eigenvalue weighted by molar-refractivity contribution is 6.30. The summed E-state index contributed by atoms with van der Waals surface area (Å²) in [7, 11) is 0. The first-order valence-electron chi connectivity index (χ1n) is 6.44. The van der Waals surface area contributed by atoms with Crippen LogP contribution in [-0.4, -0.2) is 22.3 Å². The lowest BCUT2D eigenvalue weighted by atomic mass is 9.82. The fraction of sp³-hybridized carbons (Fsp3) is 0.0625. The molecule has 0 amide bonds. The van der Waals surface area contributed by atoms with E-state index in [0.717, 1.165) is 0 Å². The molecule has 1 aliphatic carbocycles. The maximum absolute atomic E-state index is 12.6. The standard InChI is InChI=1S/C16H9NO5/c1-8(18)9-6-7-12-13(14(9)17(21)22)16(20)11-5-3-2-4-10(11)15(12)19/h2-7H,1H3. The molecule has 0 aliphatic heterocycles. The molecule has 0 heterocycles. The van der Waals surface area contributed by atoms with Crippen LogP contribution in [-0.2, 0) is 0 Å². The Balaban J connectivity index is 2.41. The number of nitro groups is 1. The van der Waals surface area contributed by atoms with E-state index in [1.54, 1.807) is 12.1 Å². The Bertz CT molecular complexity index is 882. The van der Waals surface area contributed by atoms with Gasteiger partial charge in [0.25, 0.3) is 5.69 Å². The van der Waals surface area contributed by atoms with Gasteiger partial charge in [-0.25, -0.2) is 0 Å². The molecule has 0 spiro atoms. The lowest BCUT2D eigenvalue weighted by Gasteiger charge is -2.17. The molecular weight excluding hydrogens is 286 g/mol. The summed E-state index contributed by atoms with van der Waals surface area (Å²) in [5, 5.41) is 11.4. The molecule has 0 unspecified atom stereocenters. The van der Waals surface area contributed by atoms with Crippen LogP contribution in [0.5, 0.6) is 0 Å². The molecule has 22 heavy (non-hydrogen) atoms. The van der Waals surface area contributed by atoms with E-state index in [0.29, 0.717) is 0 Å². The molecule has 0 N–H and O–H groups in total. The minimum atomic E-state index is -0.783. The number of nitro benzene ring substituents is 1. The Labute approximate surface area is 124 Å². The summed E-state index contributed by atoms with van der Waals surface area (Å²) in [6.45, 7) is 1.18. The van der Waals surface area contributed by atoms with Gasteiger partial charge in [0, 0.05) is 16.7 Å². The van der Waals surface area contributed by atoms with Crippen molar-refractivity contribution >= 4 is 23.0 Å². The number of fused-ring (bicyclic) bond motifs is 2. The summed E-state index contributed by atoms with van der Waals surface area (Å²) in [4.78, 5) is 47.2. The summed E-state index contributed by atoms with van der Waals surface area (Å²) in [5.74, 6) is -1.60. The minimum Gasteiger partial charge on any atom is -0.294 e. The lowest BCUT2D eigenvalue weighted by molar-refractivity contribution is -0.385. The predicted octanol–water partition coefficient (Wildman–Crippen LogP) is 2.57. The highest BCUT2D eigenvalue weighted by Gasteiger charge is 2.37. The minimum absolute atomic E-state index is 0.0413. The zero-order valence-electron chi connectivity index (χ0n) is 11.5. The second-order valence-electron chi connectivity index (χ2n) is 4.90. The van der Waals surface area contributed by atoms with E-state index in [9.17, 15) is 24.5 Å². The third-order valence-corrected chi connectivity index (χ3v) is 3.63. The quantitative estimate of drug-likeness (QED) is 0.411. The molecule has 3 rings (SSSR count). The normalized spacial score (nSPS) is 12.6. The number of hydrogen-bond donors (Lipinski definition) is 0. The van der Waals surface area contributed by atoms with Gasteiger partial charge in [0.1, 0.15) is 5.56 Å². The van der Waals surface area contributed by atoms with Gasteiger partial charge in [-0.15, -0.1) is 0 Å². The van der Waals surface area contributed by atoms with Gasteiger partial charge in [-0.05, 0) is 19.1 Å². The van der Waals surface area contributed by atoms with Crippen molar-refractivity contribution in [3.63, 3.8) is 0 Å². The molecule has 6 nitrogen and oxygen atoms in total. The van der Waals surface area contributed by atoms with Gasteiger partial charge in [0.15, 0.2) is 11.6 Å². The van der Waals surface area contributed by atoms with Crippen molar-refractivity contribution in [2.75, 3.05) is 0 Å². The Morgan fingerprint density at radius 3 is 2.09 bits per heavy atom. The Kier molecular flexibility index (Phi) is 2.95. The van der Waals surface area contributed by atoms with E-state index in [1.165, 1.54) is 31.2 Å². The van der Waals surface area contributed by atoms with Crippen molar-refractivity contribution < 1.29 is 19.3 Å². The number of carbonyl (C=O) groups excluding carboxylic acids is 3. The van der Waals surface area contributed by atoms with Gasteiger partial charge in [-0.3, -0.25) is 24.5 Å². The molecule has 0 aromatic heterocycles. The second-order valence-corrected chi connectivity index (χ2v) is 4.90. The molecule has 0 bridgehead atoms.